The van der Waals surface area contributed by atoms with Crippen LogP contribution in [0.4, 0.5) is 4.39 Å². The van der Waals surface area contributed by atoms with Crippen LogP contribution in [0.1, 0.15) is 25.3 Å². The molecular formula is C12H15ClFN. The van der Waals surface area contributed by atoms with Crippen molar-refractivity contribution < 1.29 is 4.39 Å². The number of halogens is 2. The van der Waals surface area contributed by atoms with Gasteiger partial charge in [0.2, 0.25) is 0 Å². The molecule has 2 N–H and O–H groups in total. The van der Waals surface area contributed by atoms with Crippen molar-refractivity contribution in [1.82, 2.24) is 0 Å². The molecule has 1 aromatic carbocycles. The molecule has 0 radical (unpaired) electrons. The highest BCUT2D eigenvalue weighted by molar-refractivity contribution is 6.30. The standard InChI is InChI=1S/C12H15ClFN/c1-12(2)10(6-15)11(12)7-3-8(13)5-9(14)4-7/h3-5,10-11H,6,15H2,1-2H3/t10-,11-/m1/s1. The van der Waals surface area contributed by atoms with Gasteiger partial charge in [0.05, 0.1) is 0 Å². The van der Waals surface area contributed by atoms with Gasteiger partial charge in [0.25, 0.3) is 0 Å². The maximum Gasteiger partial charge on any atom is 0.124 e. The first-order valence-corrected chi connectivity index (χ1v) is 5.50. The first-order chi connectivity index (χ1) is 6.96. The van der Waals surface area contributed by atoms with Crippen LogP contribution in [0.5, 0.6) is 0 Å². The SMILES string of the molecule is CC1(C)[C@H](CN)[C@H]1c1cc(F)cc(Cl)c1. The maximum atomic E-state index is 13.2. The second-order valence-corrected chi connectivity index (χ2v) is 5.28. The van der Waals surface area contributed by atoms with Gasteiger partial charge in [-0.3, -0.25) is 0 Å². The van der Waals surface area contributed by atoms with Crippen LogP contribution in [0, 0.1) is 17.2 Å². The third-order valence-electron chi connectivity index (χ3n) is 3.55. The Bertz CT molecular complexity index is 369. The van der Waals surface area contributed by atoms with Gasteiger partial charge in [0.15, 0.2) is 0 Å². The van der Waals surface area contributed by atoms with Crippen LogP contribution in [0.2, 0.25) is 5.02 Å². The van der Waals surface area contributed by atoms with Crippen molar-refractivity contribution in [3.05, 3.63) is 34.6 Å². The summed E-state index contributed by atoms with van der Waals surface area (Å²) < 4.78 is 13.2. The van der Waals surface area contributed by atoms with E-state index in [9.17, 15) is 4.39 Å². The number of nitrogens with two attached hydrogens (primary N) is 1. The first kappa shape index (κ1) is 10.9. The van der Waals surface area contributed by atoms with E-state index in [2.05, 4.69) is 13.8 Å². The Morgan fingerprint density at radius 2 is 2.07 bits per heavy atom. The van der Waals surface area contributed by atoms with E-state index < -0.39 is 0 Å². The Hall–Kier alpha value is -0.600. The summed E-state index contributed by atoms with van der Waals surface area (Å²) in [6.07, 6.45) is 0. The van der Waals surface area contributed by atoms with Crippen molar-refractivity contribution in [2.75, 3.05) is 6.54 Å². The lowest BCUT2D eigenvalue weighted by atomic mass is 10.0. The van der Waals surface area contributed by atoms with Gasteiger partial charge in [0.1, 0.15) is 5.82 Å². The molecule has 0 aliphatic heterocycles. The normalized spacial score (nSPS) is 27.8. The molecule has 0 aromatic heterocycles. The summed E-state index contributed by atoms with van der Waals surface area (Å²) in [4.78, 5) is 0. The lowest BCUT2D eigenvalue weighted by Crippen LogP contribution is -2.05. The summed E-state index contributed by atoms with van der Waals surface area (Å²) >= 11 is 5.83. The van der Waals surface area contributed by atoms with Crippen LogP contribution in [0.25, 0.3) is 0 Å². The molecule has 15 heavy (non-hydrogen) atoms. The second kappa shape index (κ2) is 3.46. The molecule has 0 saturated heterocycles. The summed E-state index contributed by atoms with van der Waals surface area (Å²) in [5.41, 5.74) is 6.83. The molecule has 2 rings (SSSR count). The van der Waals surface area contributed by atoms with E-state index in [1.54, 1.807) is 6.07 Å². The molecule has 1 saturated carbocycles. The molecule has 0 spiro atoms. The molecule has 1 fully saturated rings. The number of rotatable bonds is 2. The molecule has 1 nitrogen and oxygen atoms in total. The van der Waals surface area contributed by atoms with Crippen LogP contribution in [-0.4, -0.2) is 6.54 Å². The third kappa shape index (κ3) is 1.77. The van der Waals surface area contributed by atoms with Gasteiger partial charge in [-0.15, -0.1) is 0 Å². The van der Waals surface area contributed by atoms with Crippen molar-refractivity contribution in [3.8, 4) is 0 Å². The topological polar surface area (TPSA) is 26.0 Å². The lowest BCUT2D eigenvalue weighted by molar-refractivity contribution is 0.558. The fourth-order valence-corrected chi connectivity index (χ4v) is 2.83. The van der Waals surface area contributed by atoms with E-state index in [1.807, 2.05) is 6.07 Å². The minimum absolute atomic E-state index is 0.172. The molecular weight excluding hydrogens is 213 g/mol. The van der Waals surface area contributed by atoms with Gasteiger partial charge in [-0.05, 0) is 47.6 Å². The smallest absolute Gasteiger partial charge is 0.124 e. The molecule has 1 aromatic rings. The summed E-state index contributed by atoms with van der Waals surface area (Å²) in [6, 6.07) is 4.73. The number of hydrogen-bond acceptors (Lipinski definition) is 1. The Morgan fingerprint density at radius 3 is 2.53 bits per heavy atom. The highest BCUT2D eigenvalue weighted by atomic mass is 35.5. The lowest BCUT2D eigenvalue weighted by Gasteiger charge is -2.04. The Balaban J connectivity index is 2.32. The van der Waals surface area contributed by atoms with Crippen molar-refractivity contribution in [2.45, 2.75) is 19.8 Å². The van der Waals surface area contributed by atoms with E-state index in [-0.39, 0.29) is 11.2 Å². The van der Waals surface area contributed by atoms with E-state index >= 15 is 0 Å². The van der Waals surface area contributed by atoms with Crippen LogP contribution in [-0.2, 0) is 0 Å². The van der Waals surface area contributed by atoms with Gasteiger partial charge >= 0.3 is 0 Å². The molecule has 1 aliphatic carbocycles. The van der Waals surface area contributed by atoms with Crippen molar-refractivity contribution >= 4 is 11.6 Å². The molecule has 3 heteroatoms. The average Bonchev–Trinajstić information content (AvgIpc) is 2.66. The van der Waals surface area contributed by atoms with Gasteiger partial charge in [-0.25, -0.2) is 4.39 Å². The third-order valence-corrected chi connectivity index (χ3v) is 3.77. The van der Waals surface area contributed by atoms with Crippen LogP contribution in [0.3, 0.4) is 0 Å². The summed E-state index contributed by atoms with van der Waals surface area (Å²) in [5.74, 6) is 0.516. The number of benzene rings is 1. The van der Waals surface area contributed by atoms with Gasteiger partial charge in [-0.1, -0.05) is 25.4 Å². The van der Waals surface area contributed by atoms with Gasteiger partial charge < -0.3 is 5.73 Å². The molecule has 0 unspecified atom stereocenters. The minimum Gasteiger partial charge on any atom is -0.330 e. The summed E-state index contributed by atoms with van der Waals surface area (Å²) in [6.45, 7) is 4.97. The highest BCUT2D eigenvalue weighted by Crippen LogP contribution is 2.63. The predicted molar refractivity (Wildman–Crippen MR) is 60.5 cm³/mol. The van der Waals surface area contributed by atoms with E-state index in [1.165, 1.54) is 6.07 Å². The Morgan fingerprint density at radius 1 is 1.40 bits per heavy atom. The zero-order valence-corrected chi connectivity index (χ0v) is 9.68. The monoisotopic (exact) mass is 227 g/mol. The zero-order chi connectivity index (χ0) is 11.2. The van der Waals surface area contributed by atoms with Crippen molar-refractivity contribution in [1.29, 1.82) is 0 Å². The first-order valence-electron chi connectivity index (χ1n) is 5.13. The molecule has 0 amide bonds. The van der Waals surface area contributed by atoms with E-state index in [4.69, 9.17) is 17.3 Å². The van der Waals surface area contributed by atoms with Crippen LogP contribution >= 0.6 is 11.6 Å². The molecule has 2 atom stereocenters. The van der Waals surface area contributed by atoms with Gasteiger partial charge in [-0.2, -0.15) is 0 Å². The maximum absolute atomic E-state index is 13.2. The van der Waals surface area contributed by atoms with Gasteiger partial charge in [0, 0.05) is 5.02 Å². The molecule has 0 heterocycles. The van der Waals surface area contributed by atoms with Crippen LogP contribution < -0.4 is 5.73 Å². The zero-order valence-electron chi connectivity index (χ0n) is 8.93. The summed E-state index contributed by atoms with van der Waals surface area (Å²) in [7, 11) is 0. The predicted octanol–water partition coefficient (Wildman–Crippen LogP) is 3.18. The van der Waals surface area contributed by atoms with E-state index in [0.29, 0.717) is 23.4 Å². The van der Waals surface area contributed by atoms with E-state index in [0.717, 1.165) is 5.56 Å². The van der Waals surface area contributed by atoms with Crippen molar-refractivity contribution in [3.63, 3.8) is 0 Å². The average molecular weight is 228 g/mol. The second-order valence-electron chi connectivity index (χ2n) is 4.84. The number of hydrogen-bond donors (Lipinski definition) is 1. The fraction of sp³-hybridized carbons (Fsp3) is 0.500. The molecule has 82 valence electrons. The Kier molecular flexibility index (Phi) is 2.52. The largest absolute Gasteiger partial charge is 0.330 e. The quantitative estimate of drug-likeness (QED) is 0.825. The summed E-state index contributed by atoms with van der Waals surface area (Å²) in [5, 5.41) is 0.462. The molecule has 0 bridgehead atoms. The molecule has 1 aliphatic rings. The highest BCUT2D eigenvalue weighted by Gasteiger charge is 2.57. The van der Waals surface area contributed by atoms with Crippen molar-refractivity contribution in [2.24, 2.45) is 17.1 Å². The minimum atomic E-state index is -0.268. The fourth-order valence-electron chi connectivity index (χ4n) is 2.60. The Labute approximate surface area is 94.4 Å². The van der Waals surface area contributed by atoms with Crippen LogP contribution in [0.15, 0.2) is 18.2 Å².